The number of aromatic nitrogens is 2. The van der Waals surface area contributed by atoms with Gasteiger partial charge in [0.2, 0.25) is 5.91 Å². The van der Waals surface area contributed by atoms with Crippen LogP contribution in [0.4, 0.5) is 5.69 Å². The first kappa shape index (κ1) is 26.4. The fraction of sp³-hybridized carbons (Fsp3) is 0.312. The monoisotopic (exact) mass is 553 g/mol. The molecule has 0 unspecified atom stereocenters. The summed E-state index contributed by atoms with van der Waals surface area (Å²) >= 11 is 6.16. The Morgan fingerprint density at radius 1 is 0.900 bits per heavy atom. The van der Waals surface area contributed by atoms with Crippen LogP contribution >= 0.6 is 11.6 Å². The van der Waals surface area contributed by atoms with E-state index in [2.05, 4.69) is 27.0 Å². The normalized spacial score (nSPS) is 19.8. The highest BCUT2D eigenvalue weighted by Crippen LogP contribution is 2.33. The minimum atomic E-state index is -0.156. The molecule has 2 bridgehead atoms. The second-order valence-corrected chi connectivity index (χ2v) is 11.1. The van der Waals surface area contributed by atoms with Gasteiger partial charge in [-0.15, -0.1) is 0 Å². The van der Waals surface area contributed by atoms with Gasteiger partial charge >= 0.3 is 0 Å². The van der Waals surface area contributed by atoms with Gasteiger partial charge in [-0.1, -0.05) is 54.1 Å². The molecule has 0 aliphatic carbocycles. The number of benzene rings is 3. The first-order valence-corrected chi connectivity index (χ1v) is 14.2. The molecular formula is C32H32ClN5O2. The molecule has 1 saturated heterocycles. The van der Waals surface area contributed by atoms with Crippen LogP contribution in [0.5, 0.6) is 0 Å². The molecule has 8 heteroatoms. The third-order valence-corrected chi connectivity index (χ3v) is 8.40. The van der Waals surface area contributed by atoms with Crippen LogP contribution in [-0.4, -0.2) is 56.8 Å². The van der Waals surface area contributed by atoms with Crippen LogP contribution in [0.3, 0.4) is 0 Å². The molecule has 3 heterocycles. The van der Waals surface area contributed by atoms with Gasteiger partial charge in [0.25, 0.3) is 5.91 Å². The predicted octanol–water partition coefficient (Wildman–Crippen LogP) is 5.72. The Bertz CT molecular complexity index is 1540. The number of hydrogen-bond donors (Lipinski definition) is 0. The van der Waals surface area contributed by atoms with E-state index in [0.717, 1.165) is 42.6 Å². The van der Waals surface area contributed by atoms with Gasteiger partial charge in [0.15, 0.2) is 0 Å². The zero-order chi connectivity index (χ0) is 27.6. The number of fused-ring (bicyclic) bond motifs is 4. The fourth-order valence-electron chi connectivity index (χ4n) is 6.11. The number of hydrogen-bond acceptors (Lipinski definition) is 5. The number of halogens is 1. The summed E-state index contributed by atoms with van der Waals surface area (Å²) in [5.41, 5.74) is 4.77. The van der Waals surface area contributed by atoms with Crippen molar-refractivity contribution in [2.45, 2.75) is 51.4 Å². The van der Waals surface area contributed by atoms with E-state index in [1.807, 2.05) is 70.5 Å². The van der Waals surface area contributed by atoms with Crippen molar-refractivity contribution >= 4 is 40.1 Å². The number of nitrogens with zero attached hydrogens (tertiary/aromatic N) is 5. The van der Waals surface area contributed by atoms with Crippen LogP contribution in [0, 0.1) is 0 Å². The van der Waals surface area contributed by atoms with Gasteiger partial charge in [-0.25, -0.2) is 4.98 Å². The summed E-state index contributed by atoms with van der Waals surface area (Å²) in [5.74, 6) is -0.152. The van der Waals surface area contributed by atoms with Crippen molar-refractivity contribution in [3.8, 4) is 0 Å². The van der Waals surface area contributed by atoms with Gasteiger partial charge in [-0.2, -0.15) is 0 Å². The number of amides is 2. The molecule has 2 aliphatic rings. The lowest BCUT2D eigenvalue weighted by Crippen LogP contribution is -2.45. The lowest BCUT2D eigenvalue weighted by Gasteiger charge is -2.33. The van der Waals surface area contributed by atoms with Crippen LogP contribution in [0.25, 0.3) is 11.0 Å². The summed E-state index contributed by atoms with van der Waals surface area (Å²) in [6, 6.07) is 24.0. The van der Waals surface area contributed by atoms with Crippen molar-refractivity contribution in [3.63, 3.8) is 0 Å². The topological polar surface area (TPSA) is 69.6 Å². The van der Waals surface area contributed by atoms with Crippen molar-refractivity contribution in [1.29, 1.82) is 0 Å². The summed E-state index contributed by atoms with van der Waals surface area (Å²) < 4.78 is 0. The van der Waals surface area contributed by atoms with Gasteiger partial charge in [0, 0.05) is 55.9 Å². The highest BCUT2D eigenvalue weighted by molar-refractivity contribution is 6.30. The smallest absolute Gasteiger partial charge is 0.274 e. The molecular weight excluding hydrogens is 522 g/mol. The molecule has 2 amide bonds. The van der Waals surface area contributed by atoms with E-state index in [1.54, 1.807) is 13.1 Å². The third kappa shape index (κ3) is 5.44. The van der Waals surface area contributed by atoms with Crippen LogP contribution in [0.15, 0.2) is 79.0 Å². The number of anilines is 1. The maximum atomic E-state index is 14.1. The molecule has 0 saturated carbocycles. The minimum Gasteiger partial charge on any atom is -0.331 e. The highest BCUT2D eigenvalue weighted by atomic mass is 35.5. The van der Waals surface area contributed by atoms with Crippen molar-refractivity contribution < 1.29 is 9.59 Å². The maximum absolute atomic E-state index is 14.1. The van der Waals surface area contributed by atoms with E-state index in [0.29, 0.717) is 41.9 Å². The summed E-state index contributed by atoms with van der Waals surface area (Å²) in [6.07, 6.45) is 4.44. The number of rotatable bonds is 3. The van der Waals surface area contributed by atoms with Crippen LogP contribution in [-0.2, 0) is 17.9 Å². The fourth-order valence-corrected chi connectivity index (χ4v) is 6.24. The van der Waals surface area contributed by atoms with Gasteiger partial charge in [-0.3, -0.25) is 19.5 Å². The largest absolute Gasteiger partial charge is 0.331 e. The Labute approximate surface area is 239 Å². The van der Waals surface area contributed by atoms with E-state index < -0.39 is 0 Å². The van der Waals surface area contributed by atoms with E-state index in [-0.39, 0.29) is 17.9 Å². The molecule has 0 spiro atoms. The van der Waals surface area contributed by atoms with E-state index in [4.69, 9.17) is 11.6 Å². The van der Waals surface area contributed by atoms with Gasteiger partial charge in [0.05, 0.1) is 17.2 Å². The van der Waals surface area contributed by atoms with E-state index >= 15 is 0 Å². The van der Waals surface area contributed by atoms with Crippen molar-refractivity contribution in [2.75, 3.05) is 18.0 Å². The number of carbonyl (C=O) groups is 2. The lowest BCUT2D eigenvalue weighted by molar-refractivity contribution is -0.116. The van der Waals surface area contributed by atoms with Gasteiger partial charge in [0.1, 0.15) is 5.69 Å². The SMILES string of the molecule is CC(=O)N1CC[C@H]2CC[C@@H](CN(C(=O)c3cnc4ccccc4n3)Cc3ccccc31)N2Cc1ccc(Cl)cc1. The predicted molar refractivity (Wildman–Crippen MR) is 157 cm³/mol. The second-order valence-electron chi connectivity index (χ2n) is 10.7. The van der Waals surface area contributed by atoms with E-state index in [9.17, 15) is 9.59 Å². The van der Waals surface area contributed by atoms with E-state index in [1.165, 1.54) is 5.56 Å². The Hall–Kier alpha value is -3.81. The zero-order valence-corrected chi connectivity index (χ0v) is 23.3. The Morgan fingerprint density at radius 3 is 2.42 bits per heavy atom. The van der Waals surface area contributed by atoms with Crippen molar-refractivity contribution in [2.24, 2.45) is 0 Å². The zero-order valence-electron chi connectivity index (χ0n) is 22.5. The maximum Gasteiger partial charge on any atom is 0.274 e. The standard InChI is InChI=1S/C32H32ClN5O2/c1-22(39)37-17-16-26-14-15-27(38(26)19-23-10-12-25(33)13-11-23)21-36(20-24-6-2-5-9-31(24)37)32(40)30-18-34-28-7-3-4-8-29(28)35-30/h2-13,18,26-27H,14-17,19-21H2,1H3/t26-,27+/m1/s1. The van der Waals surface area contributed by atoms with Crippen LogP contribution in [0.1, 0.15) is 47.8 Å². The first-order valence-electron chi connectivity index (χ1n) is 13.8. The molecule has 40 heavy (non-hydrogen) atoms. The summed E-state index contributed by atoms with van der Waals surface area (Å²) in [7, 11) is 0. The average Bonchev–Trinajstić information content (AvgIpc) is 3.33. The number of para-hydroxylation sites is 3. The highest BCUT2D eigenvalue weighted by Gasteiger charge is 2.37. The molecule has 2 aliphatic heterocycles. The molecule has 6 rings (SSSR count). The van der Waals surface area contributed by atoms with Crippen LogP contribution < -0.4 is 4.90 Å². The molecule has 3 aromatic carbocycles. The van der Waals surface area contributed by atoms with Gasteiger partial charge in [-0.05, 0) is 60.7 Å². The summed E-state index contributed by atoms with van der Waals surface area (Å²) in [5, 5.41) is 0.715. The summed E-state index contributed by atoms with van der Waals surface area (Å²) in [4.78, 5) is 42.4. The Morgan fingerprint density at radius 2 is 1.62 bits per heavy atom. The summed E-state index contributed by atoms with van der Waals surface area (Å²) in [6.45, 7) is 3.95. The second kappa shape index (κ2) is 11.4. The molecule has 204 valence electrons. The third-order valence-electron chi connectivity index (χ3n) is 8.15. The molecule has 1 aromatic heterocycles. The minimum absolute atomic E-state index is 0.00349. The Kier molecular flexibility index (Phi) is 7.50. The number of carbonyl (C=O) groups excluding carboxylic acids is 2. The molecule has 1 fully saturated rings. The molecule has 4 aromatic rings. The molecule has 2 atom stereocenters. The molecule has 0 radical (unpaired) electrons. The van der Waals surface area contributed by atoms with Gasteiger partial charge < -0.3 is 9.80 Å². The average molecular weight is 554 g/mol. The van der Waals surface area contributed by atoms with Crippen LogP contribution in [0.2, 0.25) is 5.02 Å². The quantitative estimate of drug-likeness (QED) is 0.325. The van der Waals surface area contributed by atoms with Crippen molar-refractivity contribution in [3.05, 3.63) is 101 Å². The van der Waals surface area contributed by atoms with Crippen molar-refractivity contribution in [1.82, 2.24) is 19.8 Å². The molecule has 0 N–H and O–H groups in total. The Balaban J connectivity index is 1.39. The molecule has 7 nitrogen and oxygen atoms in total. The first-order chi connectivity index (χ1) is 19.5. The lowest BCUT2D eigenvalue weighted by atomic mass is 10.1.